The Kier molecular flexibility index (Phi) is 20.6. The molecule has 0 saturated heterocycles. The van der Waals surface area contributed by atoms with Gasteiger partial charge in [-0.1, -0.05) is 169 Å². The quantitative estimate of drug-likeness (QED) is 0.112. The Balaban J connectivity index is 0.0000000945. The molecule has 132 heavy (non-hydrogen) atoms. The highest BCUT2D eigenvalue weighted by atomic mass is 15.1. The molecule has 20 aromatic rings. The van der Waals surface area contributed by atoms with Crippen LogP contribution in [0.15, 0.2) is 195 Å². The molecule has 0 atom stereocenters. The van der Waals surface area contributed by atoms with Crippen LogP contribution in [0, 0.1) is 27.7 Å². The number of aromatic nitrogens is 12. The van der Waals surface area contributed by atoms with Gasteiger partial charge in [-0.15, -0.1) is 0 Å². The number of hydrogen-bond donors (Lipinski definition) is 0. The van der Waals surface area contributed by atoms with Gasteiger partial charge in [0.15, 0.2) is 44.1 Å². The van der Waals surface area contributed by atoms with E-state index in [1.54, 1.807) is 22.3 Å². The van der Waals surface area contributed by atoms with E-state index in [9.17, 15) is 0 Å². The van der Waals surface area contributed by atoms with Crippen LogP contribution in [0.5, 0.6) is 0 Å². The lowest BCUT2D eigenvalue weighted by molar-refractivity contribution is -0.617. The smallest absolute Gasteiger partial charge is 0.255 e. The molecule has 8 saturated carbocycles. The average molecular weight is 1740 g/mol. The fourth-order valence-corrected chi connectivity index (χ4v) is 28.1. The minimum atomic E-state index is 0.652. The summed E-state index contributed by atoms with van der Waals surface area (Å²) < 4.78 is 20.0. The predicted octanol–water partition coefficient (Wildman–Crippen LogP) is 29.0. The van der Waals surface area contributed by atoms with Crippen molar-refractivity contribution < 1.29 is 18.1 Å². The summed E-state index contributed by atoms with van der Waals surface area (Å²) in [5.41, 5.74) is 43.5. The van der Waals surface area contributed by atoms with Crippen LogP contribution in [0.2, 0.25) is 0 Å². The molecule has 664 valence electrons. The van der Waals surface area contributed by atoms with Gasteiger partial charge in [-0.2, -0.15) is 17.6 Å². The lowest BCUT2D eigenvalue weighted by atomic mass is 9.85. The fraction of sp³-hybridized carbons (Fsp3) is 0.400. The van der Waals surface area contributed by atoms with Crippen molar-refractivity contribution in [1.29, 1.82) is 0 Å². The van der Waals surface area contributed by atoms with Crippen LogP contribution in [-0.4, -0.2) is 37.7 Å². The molecule has 8 aliphatic carbocycles. The molecule has 28 rings (SSSR count). The third-order valence-corrected chi connectivity index (χ3v) is 34.7. The molecule has 0 radical (unpaired) electrons. The first-order valence-corrected chi connectivity index (χ1v) is 51.4. The third-order valence-electron chi connectivity index (χ3n) is 34.7. The van der Waals surface area contributed by atoms with E-state index >= 15 is 0 Å². The van der Waals surface area contributed by atoms with Crippen LogP contribution in [0.3, 0.4) is 0 Å². The number of imidazole rings is 4. The second kappa shape index (κ2) is 33.2. The summed E-state index contributed by atoms with van der Waals surface area (Å²) in [7, 11) is 8.98. The predicted molar refractivity (Wildman–Crippen MR) is 544 cm³/mol. The molecular formula is C120H128N12+4. The molecule has 0 unspecified atom stereocenters. The van der Waals surface area contributed by atoms with Crippen molar-refractivity contribution in [1.82, 2.24) is 37.7 Å². The second-order valence-corrected chi connectivity index (χ2v) is 42.1. The third kappa shape index (κ3) is 13.1. The van der Waals surface area contributed by atoms with Crippen LogP contribution in [-0.2, 0) is 28.2 Å². The summed E-state index contributed by atoms with van der Waals surface area (Å²) in [6, 6.07) is 65.2. The van der Waals surface area contributed by atoms with Gasteiger partial charge in [0.05, 0.1) is 71.8 Å². The molecule has 12 nitrogen and oxygen atoms in total. The molecule has 0 bridgehead atoms. The first-order chi connectivity index (χ1) is 64.9. The Morgan fingerprint density at radius 2 is 0.652 bits per heavy atom. The van der Waals surface area contributed by atoms with Crippen LogP contribution in [0.25, 0.3) is 154 Å². The van der Waals surface area contributed by atoms with Crippen molar-refractivity contribution in [3.05, 3.63) is 261 Å². The van der Waals surface area contributed by atoms with E-state index in [0.29, 0.717) is 29.6 Å². The Morgan fingerprint density at radius 1 is 0.258 bits per heavy atom. The fourth-order valence-electron chi connectivity index (χ4n) is 28.1. The monoisotopic (exact) mass is 1740 g/mol. The molecule has 0 aliphatic heterocycles. The Labute approximate surface area is 774 Å². The van der Waals surface area contributed by atoms with Crippen molar-refractivity contribution in [3.63, 3.8) is 0 Å². The van der Waals surface area contributed by atoms with Gasteiger partial charge in [-0.25, -0.2) is 18.3 Å². The molecule has 0 amide bonds. The minimum Gasteiger partial charge on any atom is -0.255 e. The maximum atomic E-state index is 5.04. The number of aryl methyl sites for hydroxylation is 8. The first kappa shape index (κ1) is 82.2. The molecule has 8 aliphatic rings. The number of pyridine rings is 8. The molecule has 12 aromatic heterocycles. The number of fused-ring (bicyclic) bond motifs is 32. The Bertz CT molecular complexity index is 8070. The van der Waals surface area contributed by atoms with Crippen molar-refractivity contribution in [2.45, 2.75) is 281 Å². The van der Waals surface area contributed by atoms with Gasteiger partial charge in [0.2, 0.25) is 0 Å². The van der Waals surface area contributed by atoms with E-state index in [0.717, 1.165) is 34.3 Å². The summed E-state index contributed by atoms with van der Waals surface area (Å²) >= 11 is 0. The lowest BCUT2D eigenvalue weighted by Gasteiger charge is -2.19. The molecule has 0 N–H and O–H groups in total. The number of benzene rings is 8. The zero-order chi connectivity index (χ0) is 88.4. The highest BCUT2D eigenvalue weighted by Crippen LogP contribution is 2.51. The molecular weight excluding hydrogens is 1610 g/mol. The first-order valence-electron chi connectivity index (χ1n) is 51.4. The van der Waals surface area contributed by atoms with Gasteiger partial charge in [0.1, 0.15) is 22.1 Å². The standard InChI is InChI=1S/4C30H32N3/c1-19-15-16-31-28-24-18-22(20-9-3-4-10-20)17-23(21-11-5-6-12-21)29(24)33-26-14-8-7-13-25(26)32(2)30(33)27(19)28;1-19-15-16-31-29-22-13-7-8-14-25(22)33-27-18-24(21-11-5-6-12-21)23(20-9-3-4-10-20)17-26(27)32(2)30(33)28(19)29;1-19-16-17-31-28-24-15-14-22(20-8-3-4-9-20)18-26(24)33-29-23(21-10-5-6-11-21)12-7-13-25(29)32(2)30(33)27(19)28;1-19-16-17-31-28-24-13-7-12-23(21-10-5-6-11-21)29(24)33-25-15-14-22(20-8-3-4-9-20)18-26(25)32(2)30(33)27(19)28/h2*7-8,13-18,20-21H,3-6,9-12H2,1-2H3;2*7,12-18,20-21H,3-6,8-11H2,1-2H3/q4*+1. The minimum absolute atomic E-state index is 0.652. The van der Waals surface area contributed by atoms with Gasteiger partial charge < -0.3 is 0 Å². The largest absolute Gasteiger partial charge is 0.297 e. The summed E-state index contributed by atoms with van der Waals surface area (Å²) in [5.74, 6) is 5.60. The molecule has 8 fully saturated rings. The molecule has 12 heteroatoms. The van der Waals surface area contributed by atoms with E-state index in [1.165, 1.54) is 387 Å². The van der Waals surface area contributed by atoms with Gasteiger partial charge in [-0.3, -0.25) is 19.9 Å². The molecule has 8 aromatic carbocycles. The maximum absolute atomic E-state index is 5.04. The van der Waals surface area contributed by atoms with Crippen molar-refractivity contribution in [2.75, 3.05) is 0 Å². The normalized spacial score (nSPS) is 18.0. The maximum Gasteiger partial charge on any atom is 0.297 e. The van der Waals surface area contributed by atoms with E-state index < -0.39 is 0 Å². The zero-order valence-corrected chi connectivity index (χ0v) is 79.1. The van der Waals surface area contributed by atoms with Crippen LogP contribution < -0.4 is 18.1 Å². The van der Waals surface area contributed by atoms with E-state index in [2.05, 4.69) is 262 Å². The van der Waals surface area contributed by atoms with Gasteiger partial charge >= 0.3 is 0 Å². The Morgan fingerprint density at radius 3 is 1.22 bits per heavy atom. The number of hydrogen-bond acceptors (Lipinski definition) is 4. The second-order valence-electron chi connectivity index (χ2n) is 42.1. The van der Waals surface area contributed by atoms with Crippen molar-refractivity contribution >= 4 is 154 Å². The van der Waals surface area contributed by atoms with Gasteiger partial charge in [-0.05, 0) is 331 Å². The molecule has 0 spiro atoms. The topological polar surface area (TPSA) is 85.5 Å². The van der Waals surface area contributed by atoms with Crippen LogP contribution in [0.1, 0.15) is 320 Å². The van der Waals surface area contributed by atoms with Gasteiger partial charge in [0, 0.05) is 63.0 Å². The van der Waals surface area contributed by atoms with Gasteiger partial charge in [0.25, 0.3) is 22.6 Å². The lowest BCUT2D eigenvalue weighted by Crippen LogP contribution is -2.28. The SMILES string of the molecule is Cc1ccnc2c3cc(C4CCCC4)cc(C4CCCC4)c3n3c4ccccc4[n+](C)c3c12.Cc1ccnc2c3ccc(C4CCCC4)cc3n3c4c(C5CCCC5)cccc4[n+](C)c3c12.Cc1ccnc2c3cccc(C4CCCC4)c3[n+]3c4ccc(C5CCCC5)cc4n(C)c3c12.Cc1ccnc2c3ccccc3n3c4cc(C5CCCC5)c(C5CCCC5)cc4[n+](C)c3c12. The highest BCUT2D eigenvalue weighted by molar-refractivity contribution is 6.16. The van der Waals surface area contributed by atoms with Crippen LogP contribution >= 0.6 is 0 Å². The van der Waals surface area contributed by atoms with E-state index in [-0.39, 0.29) is 0 Å². The number of rotatable bonds is 8. The van der Waals surface area contributed by atoms with Crippen molar-refractivity contribution in [3.8, 4) is 0 Å². The average Bonchev–Trinajstić information content (AvgIpc) is 1.52. The van der Waals surface area contributed by atoms with Crippen LogP contribution in [0.4, 0.5) is 0 Å². The number of nitrogens with zero attached hydrogens (tertiary/aromatic N) is 12. The summed E-state index contributed by atoms with van der Waals surface area (Å²) in [6.45, 7) is 8.94. The highest BCUT2D eigenvalue weighted by Gasteiger charge is 2.39. The summed E-state index contributed by atoms with van der Waals surface area (Å²) in [4.78, 5) is 19.8. The summed E-state index contributed by atoms with van der Waals surface area (Å²) in [5, 5.41) is 10.3. The van der Waals surface area contributed by atoms with E-state index in [4.69, 9.17) is 19.9 Å². The Hall–Kier alpha value is -11.8. The zero-order valence-electron chi connectivity index (χ0n) is 79.1. The van der Waals surface area contributed by atoms with E-state index in [1.807, 2.05) is 24.8 Å². The summed E-state index contributed by atoms with van der Waals surface area (Å²) in [6.07, 6.45) is 51.1. The molecule has 12 heterocycles. The number of para-hydroxylation sites is 5. The van der Waals surface area contributed by atoms with Crippen molar-refractivity contribution in [2.24, 2.45) is 28.2 Å².